The standard InChI is InChI=1S/C25H33N3O3/c1-17(2)26-24(30)20-14-22(27-21-9-5-4-8-19(20)21)18-10-13-28(16-18)23(29)15-25(31)11-6-3-7-12-25/h4-5,8-9,14,17-18,31H,3,6-7,10-13,15-16H2,1-2H3,(H,26,30)/t18-/m0/s1. The summed E-state index contributed by atoms with van der Waals surface area (Å²) in [5.74, 6) is 0.0333. The molecule has 1 atom stereocenters. The molecule has 1 saturated heterocycles. The number of fused-ring (bicyclic) bond motifs is 1. The highest BCUT2D eigenvalue weighted by Gasteiger charge is 2.36. The minimum absolute atomic E-state index is 0.0328. The largest absolute Gasteiger partial charge is 0.389 e. The third-order valence-corrected chi connectivity index (χ3v) is 6.62. The van der Waals surface area contributed by atoms with Crippen LogP contribution >= 0.6 is 0 Å². The number of pyridine rings is 1. The van der Waals surface area contributed by atoms with Crippen molar-refractivity contribution in [2.75, 3.05) is 13.1 Å². The van der Waals surface area contributed by atoms with Crippen LogP contribution in [-0.4, -0.2) is 51.5 Å². The molecule has 2 N–H and O–H groups in total. The Hall–Kier alpha value is -2.47. The van der Waals surface area contributed by atoms with Gasteiger partial charge in [-0.15, -0.1) is 0 Å². The van der Waals surface area contributed by atoms with Crippen molar-refractivity contribution in [3.63, 3.8) is 0 Å². The van der Waals surface area contributed by atoms with E-state index in [0.29, 0.717) is 18.7 Å². The van der Waals surface area contributed by atoms with Crippen molar-refractivity contribution in [3.8, 4) is 0 Å². The molecule has 2 heterocycles. The second-order valence-electron chi connectivity index (χ2n) is 9.53. The summed E-state index contributed by atoms with van der Waals surface area (Å²) >= 11 is 0. The number of para-hydroxylation sites is 1. The zero-order valence-corrected chi connectivity index (χ0v) is 18.6. The van der Waals surface area contributed by atoms with E-state index in [1.165, 1.54) is 0 Å². The summed E-state index contributed by atoms with van der Waals surface area (Å²) in [4.78, 5) is 32.4. The van der Waals surface area contributed by atoms with Gasteiger partial charge in [0.2, 0.25) is 5.91 Å². The van der Waals surface area contributed by atoms with E-state index in [2.05, 4.69) is 5.32 Å². The first-order valence-corrected chi connectivity index (χ1v) is 11.6. The fraction of sp³-hybridized carbons (Fsp3) is 0.560. The number of rotatable bonds is 5. The van der Waals surface area contributed by atoms with E-state index in [1.807, 2.05) is 49.1 Å². The van der Waals surface area contributed by atoms with Gasteiger partial charge in [-0.25, -0.2) is 0 Å². The summed E-state index contributed by atoms with van der Waals surface area (Å²) in [6, 6.07) is 9.65. The van der Waals surface area contributed by atoms with Crippen molar-refractivity contribution < 1.29 is 14.7 Å². The quantitative estimate of drug-likeness (QED) is 0.767. The number of amides is 2. The topological polar surface area (TPSA) is 82.5 Å². The minimum Gasteiger partial charge on any atom is -0.389 e. The van der Waals surface area contributed by atoms with Crippen LogP contribution in [0.2, 0.25) is 0 Å². The predicted molar refractivity (Wildman–Crippen MR) is 121 cm³/mol. The van der Waals surface area contributed by atoms with Crippen molar-refractivity contribution in [2.45, 2.75) is 76.4 Å². The van der Waals surface area contributed by atoms with E-state index in [1.54, 1.807) is 0 Å². The first-order chi connectivity index (χ1) is 14.8. The normalized spacial score (nSPS) is 20.9. The number of aromatic nitrogens is 1. The Labute approximate surface area is 184 Å². The molecule has 2 amide bonds. The van der Waals surface area contributed by atoms with Crippen LogP contribution in [0.25, 0.3) is 10.9 Å². The maximum absolute atomic E-state index is 12.9. The molecule has 1 aliphatic heterocycles. The molecular weight excluding hydrogens is 390 g/mol. The second kappa shape index (κ2) is 8.95. The van der Waals surface area contributed by atoms with Gasteiger partial charge in [-0.1, -0.05) is 37.5 Å². The lowest BCUT2D eigenvalue weighted by atomic mass is 9.82. The fourth-order valence-corrected chi connectivity index (χ4v) is 4.94. The van der Waals surface area contributed by atoms with Gasteiger partial charge >= 0.3 is 0 Å². The number of hydrogen-bond donors (Lipinski definition) is 2. The third-order valence-electron chi connectivity index (χ3n) is 6.62. The molecule has 31 heavy (non-hydrogen) atoms. The van der Waals surface area contributed by atoms with Crippen molar-refractivity contribution >= 4 is 22.7 Å². The maximum Gasteiger partial charge on any atom is 0.252 e. The van der Waals surface area contributed by atoms with Crippen LogP contribution in [-0.2, 0) is 4.79 Å². The van der Waals surface area contributed by atoms with Crippen LogP contribution in [0.5, 0.6) is 0 Å². The van der Waals surface area contributed by atoms with Gasteiger partial charge in [-0.3, -0.25) is 14.6 Å². The summed E-state index contributed by atoms with van der Waals surface area (Å²) in [5.41, 5.74) is 1.46. The predicted octanol–water partition coefficient (Wildman–Crippen LogP) is 3.77. The van der Waals surface area contributed by atoms with Crippen molar-refractivity contribution in [3.05, 3.63) is 41.6 Å². The Balaban J connectivity index is 1.52. The van der Waals surface area contributed by atoms with Crippen molar-refractivity contribution in [1.82, 2.24) is 15.2 Å². The number of nitrogens with zero attached hydrogens (tertiary/aromatic N) is 2. The molecule has 4 rings (SSSR count). The molecule has 1 aromatic heterocycles. The van der Waals surface area contributed by atoms with E-state index in [4.69, 9.17) is 4.98 Å². The molecule has 0 bridgehead atoms. The Morgan fingerprint density at radius 1 is 1.23 bits per heavy atom. The number of carbonyl (C=O) groups is 2. The highest BCUT2D eigenvalue weighted by Crippen LogP contribution is 2.34. The zero-order chi connectivity index (χ0) is 22.0. The first-order valence-electron chi connectivity index (χ1n) is 11.6. The SMILES string of the molecule is CC(C)NC(=O)c1cc([C@H]2CCN(C(=O)CC3(O)CCCCC3)C2)nc2ccccc12. The average molecular weight is 424 g/mol. The molecule has 0 spiro atoms. The van der Waals surface area contributed by atoms with Crippen LogP contribution in [0.3, 0.4) is 0 Å². The summed E-state index contributed by atoms with van der Waals surface area (Å²) < 4.78 is 0. The Morgan fingerprint density at radius 2 is 1.97 bits per heavy atom. The van der Waals surface area contributed by atoms with Crippen LogP contribution in [0.15, 0.2) is 30.3 Å². The molecule has 1 aromatic carbocycles. The molecule has 1 saturated carbocycles. The van der Waals surface area contributed by atoms with E-state index in [0.717, 1.165) is 55.1 Å². The van der Waals surface area contributed by atoms with Crippen LogP contribution in [0.4, 0.5) is 0 Å². The first kappa shape index (κ1) is 21.8. The molecule has 2 fully saturated rings. The van der Waals surface area contributed by atoms with Gasteiger partial charge in [0.1, 0.15) is 0 Å². The van der Waals surface area contributed by atoms with E-state index < -0.39 is 5.60 Å². The van der Waals surface area contributed by atoms with Gasteiger partial charge in [-0.05, 0) is 45.2 Å². The van der Waals surface area contributed by atoms with Gasteiger partial charge < -0.3 is 15.3 Å². The maximum atomic E-state index is 12.9. The van der Waals surface area contributed by atoms with E-state index in [-0.39, 0.29) is 30.2 Å². The molecule has 2 aromatic rings. The smallest absolute Gasteiger partial charge is 0.252 e. The third kappa shape index (κ3) is 4.90. The minimum atomic E-state index is -0.837. The number of hydrogen-bond acceptors (Lipinski definition) is 4. The number of likely N-dealkylation sites (tertiary alicyclic amines) is 1. The van der Waals surface area contributed by atoms with Crippen LogP contribution in [0, 0.1) is 0 Å². The Bertz CT molecular complexity index is 966. The highest BCUT2D eigenvalue weighted by molar-refractivity contribution is 6.06. The molecule has 0 unspecified atom stereocenters. The summed E-state index contributed by atoms with van der Waals surface area (Å²) in [6.45, 7) is 5.15. The molecule has 2 aliphatic rings. The molecule has 0 radical (unpaired) electrons. The van der Waals surface area contributed by atoms with Crippen LogP contribution in [0.1, 0.15) is 80.8 Å². The lowest BCUT2D eigenvalue weighted by molar-refractivity contribution is -0.136. The Morgan fingerprint density at radius 3 is 2.71 bits per heavy atom. The molecule has 6 nitrogen and oxygen atoms in total. The van der Waals surface area contributed by atoms with Gasteiger partial charge in [0.25, 0.3) is 5.91 Å². The van der Waals surface area contributed by atoms with Gasteiger partial charge in [0.15, 0.2) is 0 Å². The molecular formula is C25H33N3O3. The number of nitrogens with one attached hydrogen (secondary N) is 1. The van der Waals surface area contributed by atoms with E-state index in [9.17, 15) is 14.7 Å². The zero-order valence-electron chi connectivity index (χ0n) is 18.6. The number of aliphatic hydroxyl groups is 1. The van der Waals surface area contributed by atoms with Crippen LogP contribution < -0.4 is 5.32 Å². The van der Waals surface area contributed by atoms with E-state index >= 15 is 0 Å². The molecule has 6 heteroatoms. The second-order valence-corrected chi connectivity index (χ2v) is 9.53. The fourth-order valence-electron chi connectivity index (χ4n) is 4.94. The van der Waals surface area contributed by atoms with Gasteiger partial charge in [-0.2, -0.15) is 0 Å². The lowest BCUT2D eigenvalue weighted by Crippen LogP contribution is -2.39. The molecule has 1 aliphatic carbocycles. The average Bonchev–Trinajstić information content (AvgIpc) is 3.23. The molecule has 166 valence electrons. The summed E-state index contributed by atoms with van der Waals surface area (Å²) in [5, 5.41) is 14.6. The van der Waals surface area contributed by atoms with Gasteiger partial charge in [0.05, 0.1) is 23.1 Å². The monoisotopic (exact) mass is 423 g/mol. The number of carbonyl (C=O) groups excluding carboxylic acids is 2. The van der Waals surface area contributed by atoms with Crippen molar-refractivity contribution in [2.24, 2.45) is 0 Å². The van der Waals surface area contributed by atoms with Crippen molar-refractivity contribution in [1.29, 1.82) is 0 Å². The summed E-state index contributed by atoms with van der Waals surface area (Å²) in [6.07, 6.45) is 5.60. The highest BCUT2D eigenvalue weighted by atomic mass is 16.3. The van der Waals surface area contributed by atoms with Gasteiger partial charge in [0, 0.05) is 36.1 Å². The summed E-state index contributed by atoms with van der Waals surface area (Å²) in [7, 11) is 0. The number of benzene rings is 1. The Kier molecular flexibility index (Phi) is 6.28. The lowest BCUT2D eigenvalue weighted by Gasteiger charge is -2.32.